The molecule has 1 aromatic heterocycles. The summed E-state index contributed by atoms with van der Waals surface area (Å²) in [4.78, 5) is 16.1. The van der Waals surface area contributed by atoms with Gasteiger partial charge in [0, 0.05) is 11.2 Å². The fourth-order valence-corrected chi connectivity index (χ4v) is 2.24. The van der Waals surface area contributed by atoms with E-state index in [4.69, 9.17) is 11.6 Å². The maximum Gasteiger partial charge on any atom is 0.250 e. The molecule has 0 aliphatic rings. The number of para-hydroxylation sites is 1. The Morgan fingerprint density at radius 2 is 1.78 bits per heavy atom. The second-order valence-electron chi connectivity index (χ2n) is 4.97. The van der Waals surface area contributed by atoms with Crippen LogP contribution in [0.15, 0.2) is 78.0 Å². The zero-order valence-corrected chi connectivity index (χ0v) is 13.0. The molecule has 0 bridgehead atoms. The van der Waals surface area contributed by atoms with E-state index in [1.54, 1.807) is 35.3 Å². The van der Waals surface area contributed by atoms with E-state index in [0.717, 1.165) is 11.3 Å². The van der Waals surface area contributed by atoms with Gasteiger partial charge in [-0.2, -0.15) is 5.10 Å². The number of hydrogen-bond acceptors (Lipinski definition) is 2. The van der Waals surface area contributed by atoms with E-state index in [1.807, 2.05) is 42.5 Å². The molecule has 0 aliphatic heterocycles. The molecule has 0 saturated heterocycles. The van der Waals surface area contributed by atoms with Gasteiger partial charge in [-0.25, -0.2) is 9.67 Å². The monoisotopic (exact) mass is 323 g/mol. The molecule has 5 heteroatoms. The molecule has 4 nitrogen and oxygen atoms in total. The topological polar surface area (TPSA) is 47.2 Å². The number of rotatable bonds is 3. The highest BCUT2D eigenvalue weighted by molar-refractivity contribution is 6.30. The van der Waals surface area contributed by atoms with Crippen LogP contribution in [0.3, 0.4) is 0 Å². The van der Waals surface area contributed by atoms with Gasteiger partial charge in [0.1, 0.15) is 0 Å². The summed E-state index contributed by atoms with van der Waals surface area (Å²) in [5.41, 5.74) is 1.83. The van der Waals surface area contributed by atoms with Crippen molar-refractivity contribution in [2.75, 3.05) is 0 Å². The smallest absolute Gasteiger partial charge is 0.250 e. The number of carbonyl (C=O) groups is 1. The van der Waals surface area contributed by atoms with Gasteiger partial charge in [0.25, 0.3) is 5.91 Å². The summed E-state index contributed by atoms with van der Waals surface area (Å²) in [6.45, 7) is 0. The Morgan fingerprint density at radius 1 is 1.04 bits per heavy atom. The number of aromatic nitrogens is 2. The molecule has 0 atom stereocenters. The first-order valence-corrected chi connectivity index (χ1v) is 7.51. The maximum atomic E-state index is 12.0. The Kier molecular flexibility index (Phi) is 4.64. The lowest BCUT2D eigenvalue weighted by atomic mass is 10.1. The third-order valence-corrected chi connectivity index (χ3v) is 3.50. The first-order valence-electron chi connectivity index (χ1n) is 7.13. The van der Waals surface area contributed by atoms with Crippen molar-refractivity contribution < 1.29 is 4.79 Å². The van der Waals surface area contributed by atoms with Crippen LogP contribution in [0.5, 0.6) is 0 Å². The number of nitrogens with zero attached hydrogens (tertiary/aromatic N) is 3. The van der Waals surface area contributed by atoms with Gasteiger partial charge in [-0.3, -0.25) is 4.79 Å². The fraction of sp³-hybridized carbons (Fsp3) is 0.0556. The van der Waals surface area contributed by atoms with Crippen LogP contribution in [0, 0.1) is 0 Å². The molecule has 0 fully saturated rings. The van der Waals surface area contributed by atoms with Crippen molar-refractivity contribution in [3.63, 3.8) is 0 Å². The minimum absolute atomic E-state index is 0.216. The maximum absolute atomic E-state index is 12.0. The molecular weight excluding hydrogens is 310 g/mol. The average molecular weight is 324 g/mol. The first-order chi connectivity index (χ1) is 11.2. The van der Waals surface area contributed by atoms with Gasteiger partial charge in [-0.15, -0.1) is 0 Å². The molecule has 0 radical (unpaired) electrons. The molecule has 114 valence electrons. The Balaban J connectivity index is 1.74. The number of halogens is 1. The van der Waals surface area contributed by atoms with Crippen LogP contribution in [0.2, 0.25) is 5.02 Å². The molecule has 2 aromatic carbocycles. The van der Waals surface area contributed by atoms with Gasteiger partial charge in [-0.1, -0.05) is 41.9 Å². The number of carbonyl (C=O) groups excluding carboxylic acids is 1. The largest absolute Gasteiger partial charge is 0.272 e. The number of hydrogen-bond donors (Lipinski definition) is 0. The van der Waals surface area contributed by atoms with Crippen molar-refractivity contribution in [1.82, 2.24) is 9.78 Å². The van der Waals surface area contributed by atoms with E-state index in [1.165, 1.54) is 0 Å². The highest BCUT2D eigenvalue weighted by Crippen LogP contribution is 2.10. The van der Waals surface area contributed by atoms with E-state index < -0.39 is 0 Å². The molecule has 0 aliphatic carbocycles. The fourth-order valence-electron chi connectivity index (χ4n) is 2.11. The van der Waals surface area contributed by atoms with E-state index in [0.29, 0.717) is 10.4 Å². The molecular formula is C18H14ClN3O. The van der Waals surface area contributed by atoms with Crippen LogP contribution in [0.4, 0.5) is 0 Å². The van der Waals surface area contributed by atoms with Crippen molar-refractivity contribution in [2.24, 2.45) is 4.99 Å². The normalized spacial score (nSPS) is 11.4. The summed E-state index contributed by atoms with van der Waals surface area (Å²) in [7, 11) is 0. The Hall–Kier alpha value is -2.72. The van der Waals surface area contributed by atoms with Crippen molar-refractivity contribution in [3.05, 3.63) is 89.0 Å². The minimum atomic E-state index is -0.216. The third-order valence-electron chi connectivity index (χ3n) is 3.24. The SMILES string of the molecule is O=C(Cc1ccc(Cl)cc1)/N=c1/ccn(-c2ccccc2)nc1. The van der Waals surface area contributed by atoms with E-state index in [9.17, 15) is 4.79 Å². The summed E-state index contributed by atoms with van der Waals surface area (Å²) in [6.07, 6.45) is 3.60. The predicted octanol–water partition coefficient (Wildman–Crippen LogP) is 3.20. The lowest BCUT2D eigenvalue weighted by molar-refractivity contribution is -0.117. The van der Waals surface area contributed by atoms with Crippen molar-refractivity contribution >= 4 is 17.5 Å². The van der Waals surface area contributed by atoms with Crippen LogP contribution < -0.4 is 5.36 Å². The Labute approximate surface area is 138 Å². The summed E-state index contributed by atoms with van der Waals surface area (Å²) in [6, 6.07) is 18.7. The first kappa shape index (κ1) is 15.2. The van der Waals surface area contributed by atoms with Crippen LogP contribution in [0.25, 0.3) is 5.69 Å². The predicted molar refractivity (Wildman–Crippen MR) is 89.3 cm³/mol. The van der Waals surface area contributed by atoms with Crippen LogP contribution in [-0.4, -0.2) is 15.7 Å². The van der Waals surface area contributed by atoms with Crippen LogP contribution in [0.1, 0.15) is 5.56 Å². The van der Waals surface area contributed by atoms with Crippen molar-refractivity contribution in [1.29, 1.82) is 0 Å². The van der Waals surface area contributed by atoms with Gasteiger partial charge < -0.3 is 0 Å². The summed E-state index contributed by atoms with van der Waals surface area (Å²) >= 11 is 5.82. The van der Waals surface area contributed by atoms with E-state index >= 15 is 0 Å². The second-order valence-corrected chi connectivity index (χ2v) is 5.41. The summed E-state index contributed by atoms with van der Waals surface area (Å²) in [5, 5.41) is 5.46. The zero-order valence-electron chi connectivity index (χ0n) is 12.3. The molecule has 3 rings (SSSR count). The van der Waals surface area contributed by atoms with Gasteiger partial charge in [0.05, 0.1) is 23.7 Å². The molecule has 0 N–H and O–H groups in total. The quantitative estimate of drug-likeness (QED) is 0.743. The average Bonchev–Trinajstić information content (AvgIpc) is 2.58. The van der Waals surface area contributed by atoms with E-state index in [2.05, 4.69) is 10.1 Å². The lowest BCUT2D eigenvalue weighted by Crippen LogP contribution is -2.12. The van der Waals surface area contributed by atoms with Crippen molar-refractivity contribution in [3.8, 4) is 5.69 Å². The second kappa shape index (κ2) is 7.03. The number of amides is 1. The summed E-state index contributed by atoms with van der Waals surface area (Å²) < 4.78 is 1.72. The van der Waals surface area contributed by atoms with Gasteiger partial charge >= 0.3 is 0 Å². The van der Waals surface area contributed by atoms with Gasteiger partial charge in [-0.05, 0) is 35.9 Å². The van der Waals surface area contributed by atoms with E-state index in [-0.39, 0.29) is 12.3 Å². The molecule has 23 heavy (non-hydrogen) atoms. The van der Waals surface area contributed by atoms with Crippen molar-refractivity contribution in [2.45, 2.75) is 6.42 Å². The highest BCUT2D eigenvalue weighted by Gasteiger charge is 2.01. The Morgan fingerprint density at radius 3 is 2.43 bits per heavy atom. The van der Waals surface area contributed by atoms with Gasteiger partial charge in [0.2, 0.25) is 0 Å². The molecule has 0 saturated carbocycles. The summed E-state index contributed by atoms with van der Waals surface area (Å²) in [5.74, 6) is -0.216. The Bertz CT molecular complexity index is 850. The van der Waals surface area contributed by atoms with Crippen LogP contribution in [-0.2, 0) is 11.2 Å². The zero-order chi connectivity index (χ0) is 16.1. The number of benzene rings is 2. The van der Waals surface area contributed by atoms with Gasteiger partial charge in [0.15, 0.2) is 0 Å². The molecule has 1 heterocycles. The molecule has 1 amide bonds. The standard InChI is InChI=1S/C18H14ClN3O/c19-15-8-6-14(7-9-15)12-18(23)21-16-10-11-22(20-13-16)17-4-2-1-3-5-17/h1-11,13H,12H2/b21-16-. The highest BCUT2D eigenvalue weighted by atomic mass is 35.5. The molecule has 0 unspecified atom stereocenters. The minimum Gasteiger partial charge on any atom is -0.272 e. The molecule has 0 spiro atoms. The lowest BCUT2D eigenvalue weighted by Gasteiger charge is -2.03. The van der Waals surface area contributed by atoms with Crippen LogP contribution >= 0.6 is 11.6 Å². The third kappa shape index (κ3) is 4.14. The molecule has 3 aromatic rings.